The van der Waals surface area contributed by atoms with E-state index in [1.165, 1.54) is 0 Å². The molecule has 0 saturated carbocycles. The van der Waals surface area contributed by atoms with Crippen LogP contribution in [0.5, 0.6) is 0 Å². The minimum Gasteiger partial charge on any atom is -0.447 e. The van der Waals surface area contributed by atoms with Gasteiger partial charge in [0, 0.05) is 27.8 Å². The number of anilines is 1. The Bertz CT molecular complexity index is 1260. The number of nitrogens with one attached hydrogen (secondary N) is 1. The molecule has 1 aromatic heterocycles. The van der Waals surface area contributed by atoms with Crippen molar-refractivity contribution < 1.29 is 9.53 Å². The maximum atomic E-state index is 13.4. The number of carbonyl (C=O) groups excluding carboxylic acids is 1. The zero-order valence-electron chi connectivity index (χ0n) is 17.5. The van der Waals surface area contributed by atoms with Crippen LogP contribution >= 0.6 is 27.5 Å². The van der Waals surface area contributed by atoms with Crippen molar-refractivity contribution in [2.45, 2.75) is 38.4 Å². The molecule has 32 heavy (non-hydrogen) atoms. The summed E-state index contributed by atoms with van der Waals surface area (Å²) in [6, 6.07) is 11.5. The van der Waals surface area contributed by atoms with Crippen LogP contribution in [0.15, 0.2) is 45.7 Å². The van der Waals surface area contributed by atoms with Crippen LogP contribution in [-0.4, -0.2) is 45.8 Å². The number of piperidine rings is 1. The third-order valence-corrected chi connectivity index (χ3v) is 7.10. The van der Waals surface area contributed by atoms with Gasteiger partial charge in [0.25, 0.3) is 5.56 Å². The van der Waals surface area contributed by atoms with Gasteiger partial charge in [-0.05, 0) is 65.5 Å². The highest BCUT2D eigenvalue weighted by molar-refractivity contribution is 9.10. The third kappa shape index (κ3) is 3.97. The molecule has 2 aliphatic rings. The Morgan fingerprint density at radius 1 is 1.25 bits per heavy atom. The van der Waals surface area contributed by atoms with Gasteiger partial charge in [-0.1, -0.05) is 23.7 Å². The van der Waals surface area contributed by atoms with Gasteiger partial charge >= 0.3 is 6.09 Å². The summed E-state index contributed by atoms with van der Waals surface area (Å²) in [6.45, 7) is 3.38. The van der Waals surface area contributed by atoms with Crippen molar-refractivity contribution in [1.82, 2.24) is 14.5 Å². The molecule has 5 rings (SSSR count). The number of benzene rings is 2. The molecule has 3 aromatic rings. The van der Waals surface area contributed by atoms with E-state index in [0.29, 0.717) is 41.4 Å². The van der Waals surface area contributed by atoms with Crippen LogP contribution in [0.4, 0.5) is 10.5 Å². The number of rotatable bonds is 4. The summed E-state index contributed by atoms with van der Waals surface area (Å²) in [6.07, 6.45) is 1.41. The number of ether oxygens (including phenoxy) is 1. The zero-order chi connectivity index (χ0) is 22.4. The summed E-state index contributed by atoms with van der Waals surface area (Å²) in [7, 11) is 0. The summed E-state index contributed by atoms with van der Waals surface area (Å²) < 4.78 is 7.70. The van der Waals surface area contributed by atoms with Crippen LogP contribution in [0.25, 0.3) is 10.9 Å². The lowest BCUT2D eigenvalue weighted by molar-refractivity contribution is 0.153. The van der Waals surface area contributed by atoms with E-state index in [9.17, 15) is 9.59 Å². The van der Waals surface area contributed by atoms with Gasteiger partial charge in [-0.25, -0.2) is 9.78 Å². The molecule has 9 heteroatoms. The largest absolute Gasteiger partial charge is 0.447 e. The normalized spacial score (nSPS) is 20.3. The van der Waals surface area contributed by atoms with Crippen LogP contribution in [0.1, 0.15) is 24.2 Å². The van der Waals surface area contributed by atoms with E-state index in [1.54, 1.807) is 9.47 Å². The molecule has 166 valence electrons. The van der Waals surface area contributed by atoms with Crippen molar-refractivity contribution >= 4 is 50.2 Å². The smallest absolute Gasteiger partial charge is 0.410 e. The number of halogens is 2. The van der Waals surface area contributed by atoms with Crippen molar-refractivity contribution in [3.8, 4) is 0 Å². The molecule has 7 nitrogen and oxygen atoms in total. The Kier molecular flexibility index (Phi) is 5.59. The van der Waals surface area contributed by atoms with E-state index in [4.69, 9.17) is 16.3 Å². The fraction of sp³-hybridized carbons (Fsp3) is 0.348. The average molecular weight is 518 g/mol. The lowest BCUT2D eigenvalue weighted by atomic mass is 9.98. The lowest BCUT2D eigenvalue weighted by Gasteiger charge is -2.33. The Balaban J connectivity index is 1.44. The number of cyclic esters (lactones) is 1. The van der Waals surface area contributed by atoms with Gasteiger partial charge in [0.2, 0.25) is 0 Å². The maximum Gasteiger partial charge on any atom is 0.410 e. The van der Waals surface area contributed by atoms with Gasteiger partial charge in [0.1, 0.15) is 12.4 Å². The first-order valence-corrected chi connectivity index (χ1v) is 11.7. The minimum atomic E-state index is -0.219. The highest BCUT2D eigenvalue weighted by atomic mass is 79.9. The Labute approximate surface area is 198 Å². The third-order valence-electron chi connectivity index (χ3n) is 6.20. The molecule has 0 spiro atoms. The van der Waals surface area contributed by atoms with Crippen molar-refractivity contribution in [3.63, 3.8) is 0 Å². The van der Waals surface area contributed by atoms with Crippen LogP contribution in [0, 0.1) is 6.92 Å². The van der Waals surface area contributed by atoms with Gasteiger partial charge in [0.15, 0.2) is 0 Å². The topological polar surface area (TPSA) is 76.5 Å². The van der Waals surface area contributed by atoms with E-state index in [-0.39, 0.29) is 23.7 Å². The van der Waals surface area contributed by atoms with Crippen LogP contribution in [0.2, 0.25) is 5.02 Å². The molecule has 0 aliphatic carbocycles. The number of aryl methyl sites for hydroxylation is 1. The van der Waals surface area contributed by atoms with Gasteiger partial charge in [-0.3, -0.25) is 9.36 Å². The summed E-state index contributed by atoms with van der Waals surface area (Å²) >= 11 is 9.61. The predicted molar refractivity (Wildman–Crippen MR) is 127 cm³/mol. The fourth-order valence-electron chi connectivity index (χ4n) is 4.47. The molecule has 2 aliphatic heterocycles. The zero-order valence-corrected chi connectivity index (χ0v) is 19.8. The van der Waals surface area contributed by atoms with Crippen molar-refractivity contribution in [2.75, 3.05) is 18.5 Å². The molecule has 1 amide bonds. The Hall–Kier alpha value is -2.58. The fourth-order valence-corrected chi connectivity index (χ4v) is 5.05. The minimum absolute atomic E-state index is 0.0809. The van der Waals surface area contributed by atoms with Crippen molar-refractivity contribution in [2.24, 2.45) is 0 Å². The maximum absolute atomic E-state index is 13.4. The number of hydrogen-bond donors (Lipinski definition) is 1. The molecule has 0 bridgehead atoms. The summed E-state index contributed by atoms with van der Waals surface area (Å²) in [5.41, 5.74) is 2.41. The summed E-state index contributed by atoms with van der Waals surface area (Å²) in [5.74, 6) is 0.656. The predicted octanol–water partition coefficient (Wildman–Crippen LogP) is 4.56. The number of hydrogen-bond acceptors (Lipinski definition) is 5. The second kappa shape index (κ2) is 8.41. The molecular weight excluding hydrogens is 496 g/mol. The Morgan fingerprint density at radius 2 is 2.03 bits per heavy atom. The van der Waals surface area contributed by atoms with Gasteiger partial charge in [-0.2, -0.15) is 0 Å². The second-order valence-electron chi connectivity index (χ2n) is 8.32. The van der Waals surface area contributed by atoms with Crippen molar-refractivity contribution in [3.05, 3.63) is 67.6 Å². The van der Waals surface area contributed by atoms with Gasteiger partial charge in [0.05, 0.1) is 23.5 Å². The van der Waals surface area contributed by atoms with Gasteiger partial charge in [-0.15, -0.1) is 0 Å². The molecule has 2 fully saturated rings. The first-order chi connectivity index (χ1) is 15.4. The molecule has 0 radical (unpaired) electrons. The molecule has 1 N–H and O–H groups in total. The molecular formula is C23H22BrClN4O3. The number of nitrogens with zero attached hydrogens (tertiary/aromatic N) is 3. The Morgan fingerprint density at radius 3 is 2.81 bits per heavy atom. The van der Waals surface area contributed by atoms with Crippen LogP contribution in [0.3, 0.4) is 0 Å². The highest BCUT2D eigenvalue weighted by Crippen LogP contribution is 2.31. The van der Waals surface area contributed by atoms with E-state index in [2.05, 4.69) is 26.2 Å². The second-order valence-corrected chi connectivity index (χ2v) is 9.61. The van der Waals surface area contributed by atoms with Crippen LogP contribution in [-0.2, 0) is 11.3 Å². The molecule has 3 heterocycles. The van der Waals surface area contributed by atoms with E-state index < -0.39 is 0 Å². The monoisotopic (exact) mass is 516 g/mol. The number of amides is 1. The van der Waals surface area contributed by atoms with E-state index >= 15 is 0 Å². The number of aromatic nitrogens is 2. The van der Waals surface area contributed by atoms with E-state index in [0.717, 1.165) is 28.6 Å². The molecule has 0 unspecified atom stereocenters. The first kappa shape index (κ1) is 21.3. The first-order valence-electron chi connectivity index (χ1n) is 10.5. The lowest BCUT2D eigenvalue weighted by Crippen LogP contribution is -2.45. The van der Waals surface area contributed by atoms with Gasteiger partial charge < -0.3 is 15.0 Å². The quantitative estimate of drug-likeness (QED) is 0.549. The van der Waals surface area contributed by atoms with Crippen LogP contribution < -0.4 is 10.9 Å². The summed E-state index contributed by atoms with van der Waals surface area (Å²) in [4.78, 5) is 31.6. The molecule has 2 atom stereocenters. The average Bonchev–Trinajstić information content (AvgIpc) is 3.14. The van der Waals surface area contributed by atoms with E-state index in [1.807, 2.05) is 43.3 Å². The number of fused-ring (bicyclic) bond motifs is 2. The molecule has 2 aromatic carbocycles. The summed E-state index contributed by atoms with van der Waals surface area (Å²) in [5, 5.41) is 4.78. The highest BCUT2D eigenvalue weighted by Gasteiger charge is 2.38. The van der Waals surface area contributed by atoms with Crippen molar-refractivity contribution in [1.29, 1.82) is 0 Å². The number of carbonyl (C=O) groups is 1. The standard InChI is InChI=1S/C23H22BrClN4O3/c1-13-26-20-10-19(24)21(27-16-6-7-28-17(8-16)12-32-23(28)31)9-18(20)22(30)29(13)11-14-2-4-15(25)5-3-14/h2-5,9-10,16-17,27H,6-8,11-12H2,1H3/t16-,17-/m0/s1. The SMILES string of the molecule is Cc1nc2cc(Br)c(N[C@H]3CCN4C(=O)OC[C@@H]4C3)cc2c(=O)n1Cc1ccc(Cl)cc1. The molecule has 2 saturated heterocycles.